The van der Waals surface area contributed by atoms with Crippen LogP contribution in [0, 0.1) is 5.92 Å². The van der Waals surface area contributed by atoms with Crippen LogP contribution in [-0.4, -0.2) is 33.0 Å². The molecule has 6 nitrogen and oxygen atoms in total. The maximum absolute atomic E-state index is 5.19. The molecule has 0 amide bonds. The highest BCUT2D eigenvalue weighted by Gasteiger charge is 2.60. The Kier molecular flexibility index (Phi) is 4.00. The van der Waals surface area contributed by atoms with Gasteiger partial charge in [0.05, 0.1) is 28.3 Å². The monoisotopic (exact) mass is 450 g/mol. The molecule has 1 saturated carbocycles. The van der Waals surface area contributed by atoms with E-state index in [1.165, 1.54) is 58.7 Å². The summed E-state index contributed by atoms with van der Waals surface area (Å²) in [6.45, 7) is 2.20. The lowest BCUT2D eigenvalue weighted by Crippen LogP contribution is -2.26. The first-order valence-corrected chi connectivity index (χ1v) is 13.0. The summed E-state index contributed by atoms with van der Waals surface area (Å²) in [5.74, 6) is 3.02. The molecule has 34 heavy (non-hydrogen) atoms. The summed E-state index contributed by atoms with van der Waals surface area (Å²) >= 11 is 0. The average Bonchev–Trinajstić information content (AvgIpc) is 3.41. The summed E-state index contributed by atoms with van der Waals surface area (Å²) in [5.41, 5.74) is 10.1. The van der Waals surface area contributed by atoms with Crippen LogP contribution in [0.25, 0.3) is 33.4 Å². The number of fused-ring (bicyclic) bond motifs is 5. The average molecular weight is 451 g/mol. The van der Waals surface area contributed by atoms with E-state index >= 15 is 0 Å². The molecule has 8 rings (SSSR count). The Hall–Kier alpha value is -2.96. The van der Waals surface area contributed by atoms with Crippen molar-refractivity contribution in [1.29, 1.82) is 0 Å². The van der Waals surface area contributed by atoms with Crippen LogP contribution in [0.1, 0.15) is 61.1 Å². The maximum atomic E-state index is 5.19. The second-order valence-electron chi connectivity index (χ2n) is 10.7. The lowest BCUT2D eigenvalue weighted by Gasteiger charge is -2.11. The van der Waals surface area contributed by atoms with Crippen molar-refractivity contribution in [2.75, 3.05) is 13.1 Å². The Morgan fingerprint density at radius 2 is 1.82 bits per heavy atom. The number of H-pyrrole nitrogens is 2. The van der Waals surface area contributed by atoms with Gasteiger partial charge >= 0.3 is 0 Å². The van der Waals surface area contributed by atoms with Gasteiger partial charge in [0.25, 0.3) is 0 Å². The summed E-state index contributed by atoms with van der Waals surface area (Å²) in [6, 6.07) is 13.9. The van der Waals surface area contributed by atoms with Crippen LogP contribution in [0.4, 0.5) is 0 Å². The molecule has 0 spiro atoms. The van der Waals surface area contributed by atoms with Crippen LogP contribution >= 0.6 is 0 Å². The molecule has 3 fully saturated rings. The van der Waals surface area contributed by atoms with Crippen LogP contribution in [0.5, 0.6) is 0 Å². The molecular formula is C28H30N6. The molecule has 6 heteroatoms. The number of aromatic amines is 2. The molecule has 4 aliphatic rings. The predicted molar refractivity (Wildman–Crippen MR) is 134 cm³/mol. The Bertz CT molecular complexity index is 1420. The van der Waals surface area contributed by atoms with Gasteiger partial charge in [-0.05, 0) is 92.8 Å². The van der Waals surface area contributed by atoms with Crippen LogP contribution in [0.2, 0.25) is 0 Å². The van der Waals surface area contributed by atoms with Gasteiger partial charge in [-0.15, -0.1) is 0 Å². The SMILES string of the molecule is c1cc2c(cc1-c1ccc3nc([C@@H]4CCCN4)[nH]c3c1)CCCc1[nH]c([C@@]34C[C@@H]3CCN4)nc1-2. The molecule has 172 valence electrons. The van der Waals surface area contributed by atoms with E-state index in [9.17, 15) is 0 Å². The third-order valence-corrected chi connectivity index (χ3v) is 8.70. The summed E-state index contributed by atoms with van der Waals surface area (Å²) in [7, 11) is 0. The number of hydrogen-bond acceptors (Lipinski definition) is 4. The number of imidazole rings is 2. The first kappa shape index (κ1) is 19.4. The van der Waals surface area contributed by atoms with Gasteiger partial charge in [0.15, 0.2) is 0 Å². The quantitative estimate of drug-likeness (QED) is 0.363. The summed E-state index contributed by atoms with van der Waals surface area (Å²) in [6.07, 6.45) is 8.23. The van der Waals surface area contributed by atoms with Crippen LogP contribution in [0.3, 0.4) is 0 Å². The molecule has 2 aromatic heterocycles. The number of aryl methyl sites for hydroxylation is 2. The van der Waals surface area contributed by atoms with Gasteiger partial charge in [0, 0.05) is 11.3 Å². The van der Waals surface area contributed by atoms with Crippen LogP contribution in [0.15, 0.2) is 36.4 Å². The Balaban J connectivity index is 1.15. The molecule has 2 saturated heterocycles. The minimum atomic E-state index is 0.138. The van der Waals surface area contributed by atoms with E-state index in [0.29, 0.717) is 6.04 Å². The van der Waals surface area contributed by atoms with E-state index in [2.05, 4.69) is 57.0 Å². The molecule has 2 aliphatic heterocycles. The van der Waals surface area contributed by atoms with E-state index in [1.807, 2.05) is 0 Å². The lowest BCUT2D eigenvalue weighted by molar-refractivity contribution is 0.548. The number of nitrogens with one attached hydrogen (secondary N) is 4. The van der Waals surface area contributed by atoms with Crippen molar-refractivity contribution in [3.63, 3.8) is 0 Å². The molecule has 0 bridgehead atoms. The molecular weight excluding hydrogens is 420 g/mol. The molecule has 4 aromatic rings. The standard InChI is InChI=1S/C28H30N6/c1-3-18-13-16(17-7-9-21-24(14-17)32-26(31-21)23-5-2-11-29-23)6-8-20(18)25-22(4-1)33-27(34-25)28-15-19(28)10-12-30-28/h6-9,13-14,19,23,29-30H,1-5,10-12,15H2,(H,31,32)(H,33,34)/t19-,23-,28+/m0/s1. The summed E-state index contributed by atoms with van der Waals surface area (Å²) < 4.78 is 0. The van der Waals surface area contributed by atoms with E-state index in [-0.39, 0.29) is 5.54 Å². The smallest absolute Gasteiger partial charge is 0.127 e. The zero-order valence-electron chi connectivity index (χ0n) is 19.4. The largest absolute Gasteiger partial charge is 0.344 e. The van der Waals surface area contributed by atoms with Gasteiger partial charge in [-0.2, -0.15) is 0 Å². The molecule has 4 heterocycles. The maximum Gasteiger partial charge on any atom is 0.127 e. The van der Waals surface area contributed by atoms with E-state index < -0.39 is 0 Å². The second-order valence-corrected chi connectivity index (χ2v) is 10.7. The third-order valence-electron chi connectivity index (χ3n) is 8.70. The van der Waals surface area contributed by atoms with E-state index in [1.54, 1.807) is 0 Å². The molecule has 0 unspecified atom stereocenters. The highest BCUT2D eigenvalue weighted by molar-refractivity contribution is 5.83. The topological polar surface area (TPSA) is 81.4 Å². The van der Waals surface area contributed by atoms with Gasteiger partial charge in [0.2, 0.25) is 0 Å². The molecule has 3 atom stereocenters. The van der Waals surface area contributed by atoms with E-state index in [0.717, 1.165) is 61.5 Å². The lowest BCUT2D eigenvalue weighted by atomic mass is 9.96. The van der Waals surface area contributed by atoms with Crippen molar-refractivity contribution < 1.29 is 0 Å². The Morgan fingerprint density at radius 1 is 0.882 bits per heavy atom. The second kappa shape index (κ2) is 7.03. The summed E-state index contributed by atoms with van der Waals surface area (Å²) in [4.78, 5) is 17.4. The molecule has 4 N–H and O–H groups in total. The minimum absolute atomic E-state index is 0.138. The number of aromatic nitrogens is 4. The molecule has 0 radical (unpaired) electrons. The zero-order valence-corrected chi connectivity index (χ0v) is 19.4. The van der Waals surface area contributed by atoms with Crippen molar-refractivity contribution in [3.05, 3.63) is 59.3 Å². The fraction of sp³-hybridized carbons (Fsp3) is 0.429. The highest BCUT2D eigenvalue weighted by atomic mass is 15.2. The first-order chi connectivity index (χ1) is 16.8. The third kappa shape index (κ3) is 2.82. The fourth-order valence-corrected chi connectivity index (χ4v) is 6.72. The Morgan fingerprint density at radius 3 is 2.68 bits per heavy atom. The number of hydrogen-bond donors (Lipinski definition) is 4. The first-order valence-electron chi connectivity index (χ1n) is 13.0. The number of benzene rings is 2. The number of nitrogens with zero attached hydrogens (tertiary/aromatic N) is 2. The zero-order chi connectivity index (χ0) is 22.3. The normalized spacial score (nSPS) is 27.4. The van der Waals surface area contributed by atoms with Gasteiger partial charge in [-0.25, -0.2) is 9.97 Å². The van der Waals surface area contributed by atoms with Gasteiger partial charge in [0.1, 0.15) is 11.6 Å². The summed E-state index contributed by atoms with van der Waals surface area (Å²) in [5, 5.41) is 7.28. The van der Waals surface area contributed by atoms with Crippen molar-refractivity contribution >= 4 is 11.0 Å². The Labute approximate surface area is 199 Å². The van der Waals surface area contributed by atoms with Crippen LogP contribution in [-0.2, 0) is 18.4 Å². The fourth-order valence-electron chi connectivity index (χ4n) is 6.72. The number of rotatable bonds is 3. The predicted octanol–water partition coefficient (Wildman–Crippen LogP) is 4.74. The molecule has 2 aliphatic carbocycles. The van der Waals surface area contributed by atoms with Crippen molar-refractivity contribution in [2.24, 2.45) is 5.92 Å². The van der Waals surface area contributed by atoms with Gasteiger partial charge in [-0.1, -0.05) is 24.3 Å². The number of piperidine rings is 1. The highest BCUT2D eigenvalue weighted by Crippen LogP contribution is 2.56. The molecule has 2 aromatic carbocycles. The van der Waals surface area contributed by atoms with Crippen LogP contribution < -0.4 is 10.6 Å². The van der Waals surface area contributed by atoms with Gasteiger partial charge < -0.3 is 20.6 Å². The van der Waals surface area contributed by atoms with Crippen molar-refractivity contribution in [2.45, 2.75) is 56.5 Å². The van der Waals surface area contributed by atoms with Crippen molar-refractivity contribution in [1.82, 2.24) is 30.6 Å². The van der Waals surface area contributed by atoms with E-state index in [4.69, 9.17) is 9.97 Å². The van der Waals surface area contributed by atoms with Gasteiger partial charge in [-0.3, -0.25) is 0 Å². The minimum Gasteiger partial charge on any atom is -0.344 e. The van der Waals surface area contributed by atoms with Crippen molar-refractivity contribution in [3.8, 4) is 22.4 Å².